The molecule has 0 aromatic heterocycles. The number of fused-ring (bicyclic) bond motifs is 2. The van der Waals surface area contributed by atoms with Gasteiger partial charge in [-0.1, -0.05) is 12.2 Å². The molecule has 3 atom stereocenters. The minimum Gasteiger partial charge on any atom is -0.423 e. The fourth-order valence-corrected chi connectivity index (χ4v) is 3.46. The van der Waals surface area contributed by atoms with Gasteiger partial charge in [-0.05, 0) is 39.2 Å². The van der Waals surface area contributed by atoms with E-state index in [9.17, 15) is 15.0 Å². The molecule has 4 nitrogen and oxygen atoms in total. The Labute approximate surface area is 112 Å². The van der Waals surface area contributed by atoms with Gasteiger partial charge in [0, 0.05) is 17.1 Å². The lowest BCUT2D eigenvalue weighted by atomic mass is 9.75. The molecule has 1 heterocycles. The Morgan fingerprint density at radius 1 is 1.47 bits per heavy atom. The van der Waals surface area contributed by atoms with E-state index in [4.69, 9.17) is 4.74 Å². The largest absolute Gasteiger partial charge is 0.423 e. The van der Waals surface area contributed by atoms with Crippen molar-refractivity contribution in [1.29, 1.82) is 0 Å². The van der Waals surface area contributed by atoms with Crippen LogP contribution in [0.5, 0.6) is 0 Å². The number of hydrogen-bond donors (Lipinski definition) is 2. The van der Waals surface area contributed by atoms with Gasteiger partial charge in [-0.2, -0.15) is 0 Å². The summed E-state index contributed by atoms with van der Waals surface area (Å²) >= 11 is 0. The van der Waals surface area contributed by atoms with E-state index in [-0.39, 0.29) is 11.9 Å². The zero-order chi connectivity index (χ0) is 14.0. The standard InChI is InChI=1S/C15H18O4/c1-8-4-5-15(18)11(8)6-10-9(2)13(16)19-12(10)7-14(15,3)17/h7,11,17-18H,1,4-6H2,2-3H3/t11-,14-,15-/m0/s1. The summed E-state index contributed by atoms with van der Waals surface area (Å²) in [6, 6.07) is 0. The molecule has 0 saturated heterocycles. The first-order valence-corrected chi connectivity index (χ1v) is 6.54. The van der Waals surface area contributed by atoms with E-state index >= 15 is 0 Å². The molecule has 3 aliphatic rings. The summed E-state index contributed by atoms with van der Waals surface area (Å²) in [6.45, 7) is 7.29. The molecule has 0 unspecified atom stereocenters. The number of aliphatic hydroxyl groups is 2. The minimum absolute atomic E-state index is 0.240. The second-order valence-corrected chi connectivity index (χ2v) is 5.99. The van der Waals surface area contributed by atoms with Crippen molar-refractivity contribution in [2.75, 3.05) is 0 Å². The lowest BCUT2D eigenvalue weighted by Crippen LogP contribution is -2.53. The Morgan fingerprint density at radius 2 is 2.16 bits per heavy atom. The van der Waals surface area contributed by atoms with Crippen molar-refractivity contribution in [2.24, 2.45) is 5.92 Å². The third kappa shape index (κ3) is 1.50. The quantitative estimate of drug-likeness (QED) is 0.514. The predicted molar refractivity (Wildman–Crippen MR) is 68.9 cm³/mol. The van der Waals surface area contributed by atoms with Crippen molar-refractivity contribution in [1.82, 2.24) is 0 Å². The molecule has 0 bridgehead atoms. The Hall–Kier alpha value is -1.39. The third-order valence-electron chi connectivity index (χ3n) is 4.85. The van der Waals surface area contributed by atoms with Crippen LogP contribution in [-0.4, -0.2) is 27.4 Å². The van der Waals surface area contributed by atoms with Crippen LogP contribution in [0.1, 0.15) is 33.1 Å². The molecule has 1 saturated carbocycles. The van der Waals surface area contributed by atoms with Crippen molar-refractivity contribution < 1.29 is 19.7 Å². The van der Waals surface area contributed by atoms with Gasteiger partial charge in [-0.3, -0.25) is 0 Å². The van der Waals surface area contributed by atoms with E-state index in [1.807, 2.05) is 0 Å². The number of carbonyl (C=O) groups is 1. The highest BCUT2D eigenvalue weighted by Crippen LogP contribution is 2.53. The third-order valence-corrected chi connectivity index (χ3v) is 4.85. The van der Waals surface area contributed by atoms with Crippen molar-refractivity contribution in [3.63, 3.8) is 0 Å². The van der Waals surface area contributed by atoms with Crippen LogP contribution >= 0.6 is 0 Å². The topological polar surface area (TPSA) is 66.8 Å². The fourth-order valence-electron chi connectivity index (χ4n) is 3.46. The normalized spacial score (nSPS) is 41.7. The summed E-state index contributed by atoms with van der Waals surface area (Å²) in [5.41, 5.74) is -0.391. The maximum absolute atomic E-state index is 11.6. The van der Waals surface area contributed by atoms with Crippen molar-refractivity contribution in [3.8, 4) is 0 Å². The molecule has 3 rings (SSSR count). The summed E-state index contributed by atoms with van der Waals surface area (Å²) in [6.07, 6.45) is 3.15. The highest BCUT2D eigenvalue weighted by molar-refractivity contribution is 5.94. The molecule has 1 aliphatic heterocycles. The van der Waals surface area contributed by atoms with Crippen molar-refractivity contribution >= 4 is 5.97 Å². The summed E-state index contributed by atoms with van der Waals surface area (Å²) < 4.78 is 5.19. The molecule has 0 spiro atoms. The smallest absolute Gasteiger partial charge is 0.339 e. The summed E-state index contributed by atoms with van der Waals surface area (Å²) in [5, 5.41) is 21.5. The average Bonchev–Trinajstić information content (AvgIpc) is 2.71. The van der Waals surface area contributed by atoms with Gasteiger partial charge in [-0.25, -0.2) is 4.79 Å². The number of allylic oxidation sites excluding steroid dienone is 1. The van der Waals surface area contributed by atoms with Gasteiger partial charge in [0.2, 0.25) is 0 Å². The molecule has 2 N–H and O–H groups in total. The number of esters is 1. The molecule has 0 aromatic rings. The fraction of sp³-hybridized carbons (Fsp3) is 0.533. The maximum Gasteiger partial charge on any atom is 0.339 e. The van der Waals surface area contributed by atoms with Crippen molar-refractivity contribution in [3.05, 3.63) is 35.1 Å². The van der Waals surface area contributed by atoms with Crippen LogP contribution in [0.25, 0.3) is 0 Å². The SMILES string of the molecule is C=C1CC[C@]2(O)[C@H]1CC1=C(C)C(=O)OC1=C[C@]2(C)O. The molecule has 1 fully saturated rings. The molecule has 4 heteroatoms. The number of ether oxygens (including phenoxy) is 1. The Bertz CT molecular complexity index is 552. The van der Waals surface area contributed by atoms with Crippen LogP contribution in [0.4, 0.5) is 0 Å². The van der Waals surface area contributed by atoms with Crippen LogP contribution in [0.3, 0.4) is 0 Å². The van der Waals surface area contributed by atoms with Crippen molar-refractivity contribution in [2.45, 2.75) is 44.3 Å². The van der Waals surface area contributed by atoms with E-state index in [0.717, 1.165) is 11.1 Å². The van der Waals surface area contributed by atoms with Gasteiger partial charge in [0.1, 0.15) is 17.0 Å². The predicted octanol–water partition coefficient (Wildman–Crippen LogP) is 1.60. The van der Waals surface area contributed by atoms with Crippen LogP contribution < -0.4 is 0 Å². The first-order valence-electron chi connectivity index (χ1n) is 6.54. The van der Waals surface area contributed by atoms with E-state index in [1.54, 1.807) is 13.8 Å². The summed E-state index contributed by atoms with van der Waals surface area (Å²) in [4.78, 5) is 11.6. The Morgan fingerprint density at radius 3 is 2.84 bits per heavy atom. The monoisotopic (exact) mass is 262 g/mol. The van der Waals surface area contributed by atoms with E-state index < -0.39 is 11.2 Å². The summed E-state index contributed by atoms with van der Waals surface area (Å²) in [5.74, 6) is -0.218. The van der Waals surface area contributed by atoms with Gasteiger partial charge in [0.25, 0.3) is 0 Å². The highest BCUT2D eigenvalue weighted by Gasteiger charge is 2.57. The first kappa shape index (κ1) is 12.6. The van der Waals surface area contributed by atoms with Gasteiger partial charge in [0.15, 0.2) is 0 Å². The minimum atomic E-state index is -1.43. The van der Waals surface area contributed by atoms with Gasteiger partial charge in [0.05, 0.1) is 0 Å². The number of rotatable bonds is 0. The molecule has 0 radical (unpaired) electrons. The van der Waals surface area contributed by atoms with E-state index in [0.29, 0.717) is 30.6 Å². The number of carbonyl (C=O) groups excluding carboxylic acids is 1. The Balaban J connectivity index is 2.18. The molecule has 0 aromatic carbocycles. The van der Waals surface area contributed by atoms with Gasteiger partial charge >= 0.3 is 5.97 Å². The maximum atomic E-state index is 11.6. The molecule has 0 amide bonds. The zero-order valence-electron chi connectivity index (χ0n) is 11.2. The molecule has 102 valence electrons. The second-order valence-electron chi connectivity index (χ2n) is 5.99. The molecule has 19 heavy (non-hydrogen) atoms. The van der Waals surface area contributed by atoms with Gasteiger partial charge in [-0.15, -0.1) is 0 Å². The molecule has 2 aliphatic carbocycles. The molecular formula is C15H18O4. The zero-order valence-corrected chi connectivity index (χ0v) is 11.2. The van der Waals surface area contributed by atoms with Crippen LogP contribution in [0.15, 0.2) is 35.1 Å². The Kier molecular flexibility index (Phi) is 2.38. The highest BCUT2D eigenvalue weighted by atomic mass is 16.5. The van der Waals surface area contributed by atoms with Crippen LogP contribution in [0.2, 0.25) is 0 Å². The number of hydrogen-bond acceptors (Lipinski definition) is 4. The molecular weight excluding hydrogens is 244 g/mol. The van der Waals surface area contributed by atoms with E-state index in [2.05, 4.69) is 6.58 Å². The van der Waals surface area contributed by atoms with Crippen LogP contribution in [-0.2, 0) is 9.53 Å². The average molecular weight is 262 g/mol. The summed E-state index contributed by atoms with van der Waals surface area (Å²) in [7, 11) is 0. The lowest BCUT2D eigenvalue weighted by Gasteiger charge is -2.39. The first-order chi connectivity index (χ1) is 8.76. The second kappa shape index (κ2) is 3.58. The van der Waals surface area contributed by atoms with E-state index in [1.165, 1.54) is 6.08 Å². The van der Waals surface area contributed by atoms with Crippen LogP contribution in [0, 0.1) is 5.92 Å². The lowest BCUT2D eigenvalue weighted by molar-refractivity contribution is -0.135. The van der Waals surface area contributed by atoms with Gasteiger partial charge < -0.3 is 14.9 Å².